The Morgan fingerprint density at radius 2 is 1.57 bits per heavy atom. The molecule has 1 aromatic heterocycles. The Morgan fingerprint density at radius 1 is 0.935 bits per heavy atom. The van der Waals surface area contributed by atoms with Crippen LogP contribution < -0.4 is 10.1 Å². The van der Waals surface area contributed by atoms with Crippen molar-refractivity contribution >= 4 is 20.4 Å². The first-order chi connectivity index (χ1) is 21.4. The molecule has 3 aromatic rings. The minimum atomic E-state index is -2.49. The number of nitrogens with one attached hydrogen (secondary N) is 1. The molecule has 0 saturated heterocycles. The van der Waals surface area contributed by atoms with Crippen molar-refractivity contribution < 1.29 is 33.0 Å². The van der Waals surface area contributed by atoms with Gasteiger partial charge in [-0.15, -0.1) is 0 Å². The standard InChI is InChI=1S/C36H49FN2O6Si/c1-35(2,3)44-34(42)39-30(20-24-14-16-25(17-15-24)27-18-19-32(43-7)38-23-27)31(45-46(8,9)36(4,5)6)22-28(33(40)41)21-26-12-10-11-13-29(26)37/h10-19,23,28,30-31H,20-22H2,1-9H3,(H,39,42)(H,40,41)/t28-,30+,31+/m1/s1. The monoisotopic (exact) mass is 652 g/mol. The lowest BCUT2D eigenvalue weighted by Gasteiger charge is -2.42. The fourth-order valence-electron chi connectivity index (χ4n) is 4.82. The zero-order valence-electron chi connectivity index (χ0n) is 28.5. The average Bonchev–Trinajstić information content (AvgIpc) is 2.96. The summed E-state index contributed by atoms with van der Waals surface area (Å²) in [7, 11) is -0.919. The molecule has 250 valence electrons. The highest BCUT2D eigenvalue weighted by Gasteiger charge is 2.42. The van der Waals surface area contributed by atoms with E-state index in [-0.39, 0.29) is 17.9 Å². The van der Waals surface area contributed by atoms with Crippen molar-refractivity contribution in [3.8, 4) is 17.0 Å². The number of hydrogen-bond acceptors (Lipinski definition) is 6. The highest BCUT2D eigenvalue weighted by atomic mass is 28.4. The Morgan fingerprint density at radius 3 is 2.09 bits per heavy atom. The molecule has 2 aromatic carbocycles. The van der Waals surface area contributed by atoms with Gasteiger partial charge in [-0.05, 0) is 87.0 Å². The summed E-state index contributed by atoms with van der Waals surface area (Å²) >= 11 is 0. The summed E-state index contributed by atoms with van der Waals surface area (Å²) in [5.41, 5.74) is 2.37. The van der Waals surface area contributed by atoms with Crippen LogP contribution in [0.1, 0.15) is 59.1 Å². The molecule has 0 bridgehead atoms. The number of carboxylic acids is 1. The second-order valence-electron chi connectivity index (χ2n) is 14.2. The van der Waals surface area contributed by atoms with Gasteiger partial charge in [0.05, 0.1) is 25.2 Å². The fraction of sp³-hybridized carbons (Fsp3) is 0.472. The minimum Gasteiger partial charge on any atom is -0.481 e. The van der Waals surface area contributed by atoms with Crippen molar-refractivity contribution in [1.29, 1.82) is 0 Å². The van der Waals surface area contributed by atoms with Gasteiger partial charge < -0.3 is 24.3 Å². The van der Waals surface area contributed by atoms with E-state index in [1.54, 1.807) is 58.3 Å². The molecule has 0 aliphatic heterocycles. The molecule has 46 heavy (non-hydrogen) atoms. The van der Waals surface area contributed by atoms with Crippen LogP contribution in [0.4, 0.5) is 9.18 Å². The highest BCUT2D eigenvalue weighted by molar-refractivity contribution is 6.74. The van der Waals surface area contributed by atoms with E-state index in [4.69, 9.17) is 13.9 Å². The topological polar surface area (TPSA) is 107 Å². The number of carboxylic acid groups (broad SMARTS) is 1. The number of pyridine rings is 1. The lowest BCUT2D eigenvalue weighted by molar-refractivity contribution is -0.142. The molecule has 3 rings (SSSR count). The van der Waals surface area contributed by atoms with Crippen LogP contribution in [0.2, 0.25) is 18.1 Å². The van der Waals surface area contributed by atoms with Crippen molar-refractivity contribution in [3.63, 3.8) is 0 Å². The van der Waals surface area contributed by atoms with E-state index in [9.17, 15) is 19.1 Å². The first-order valence-electron chi connectivity index (χ1n) is 15.6. The van der Waals surface area contributed by atoms with Crippen LogP contribution >= 0.6 is 0 Å². The van der Waals surface area contributed by atoms with Crippen molar-refractivity contribution in [2.24, 2.45) is 5.92 Å². The van der Waals surface area contributed by atoms with Gasteiger partial charge in [0.15, 0.2) is 8.32 Å². The third-order valence-corrected chi connectivity index (χ3v) is 12.9. The van der Waals surface area contributed by atoms with Crippen LogP contribution in [0.15, 0.2) is 66.9 Å². The number of amides is 1. The Kier molecular flexibility index (Phi) is 12.1. The number of carbonyl (C=O) groups is 2. The lowest BCUT2D eigenvalue weighted by Crippen LogP contribution is -2.54. The van der Waals surface area contributed by atoms with Crippen molar-refractivity contribution in [1.82, 2.24) is 10.3 Å². The molecule has 0 unspecified atom stereocenters. The molecule has 10 heteroatoms. The summed E-state index contributed by atoms with van der Waals surface area (Å²) < 4.78 is 32.4. The van der Waals surface area contributed by atoms with Gasteiger partial charge in [-0.1, -0.05) is 63.2 Å². The van der Waals surface area contributed by atoms with E-state index in [1.165, 1.54) is 6.07 Å². The highest BCUT2D eigenvalue weighted by Crippen LogP contribution is 2.39. The minimum absolute atomic E-state index is 0.0108. The normalized spacial score (nSPS) is 14.2. The number of ether oxygens (including phenoxy) is 2. The van der Waals surface area contributed by atoms with Gasteiger partial charge in [0.1, 0.15) is 11.4 Å². The predicted molar refractivity (Wildman–Crippen MR) is 181 cm³/mol. The van der Waals surface area contributed by atoms with E-state index >= 15 is 0 Å². The molecule has 1 heterocycles. The second kappa shape index (κ2) is 15.2. The number of hydrogen-bond donors (Lipinski definition) is 2. The number of aromatic nitrogens is 1. The van der Waals surface area contributed by atoms with Crippen molar-refractivity contribution in [2.75, 3.05) is 7.11 Å². The van der Waals surface area contributed by atoms with E-state index in [0.717, 1.165) is 16.7 Å². The zero-order chi connectivity index (χ0) is 34.3. The van der Waals surface area contributed by atoms with Gasteiger partial charge in [0, 0.05) is 17.8 Å². The van der Waals surface area contributed by atoms with Crippen LogP contribution in [-0.4, -0.2) is 55.3 Å². The van der Waals surface area contributed by atoms with E-state index < -0.39 is 49.9 Å². The third kappa shape index (κ3) is 10.7. The van der Waals surface area contributed by atoms with E-state index in [1.807, 2.05) is 30.3 Å². The maximum atomic E-state index is 14.6. The fourth-order valence-corrected chi connectivity index (χ4v) is 6.20. The molecule has 0 saturated carbocycles. The van der Waals surface area contributed by atoms with E-state index in [2.05, 4.69) is 44.2 Å². The number of halogens is 1. The Labute approximate surface area is 273 Å². The number of nitrogens with zero attached hydrogens (tertiary/aromatic N) is 1. The summed E-state index contributed by atoms with van der Waals surface area (Å²) in [5.74, 6) is -1.94. The molecule has 0 spiro atoms. The number of methoxy groups -OCH3 is 1. The number of rotatable bonds is 13. The number of benzene rings is 2. The number of alkyl carbamates (subject to hydrolysis) is 1. The predicted octanol–water partition coefficient (Wildman–Crippen LogP) is 8.06. The molecular formula is C36H49FN2O6Si. The van der Waals surface area contributed by atoms with Crippen LogP contribution in [-0.2, 0) is 26.8 Å². The van der Waals surface area contributed by atoms with Crippen molar-refractivity contribution in [3.05, 3.63) is 83.8 Å². The third-order valence-electron chi connectivity index (χ3n) is 8.38. The van der Waals surface area contributed by atoms with Crippen LogP contribution in [0.3, 0.4) is 0 Å². The van der Waals surface area contributed by atoms with Crippen LogP contribution in [0.25, 0.3) is 11.1 Å². The molecule has 3 atom stereocenters. The summed E-state index contributed by atoms with van der Waals surface area (Å²) in [6.07, 6.45) is 0.821. The van der Waals surface area contributed by atoms with Gasteiger partial charge in [0.25, 0.3) is 0 Å². The zero-order valence-corrected chi connectivity index (χ0v) is 29.5. The Bertz CT molecular complexity index is 1450. The van der Waals surface area contributed by atoms with Gasteiger partial charge in [-0.2, -0.15) is 0 Å². The largest absolute Gasteiger partial charge is 0.481 e. The van der Waals surface area contributed by atoms with Gasteiger partial charge in [-0.3, -0.25) is 4.79 Å². The molecule has 8 nitrogen and oxygen atoms in total. The Balaban J connectivity index is 2.01. The summed E-state index contributed by atoms with van der Waals surface area (Å²) in [4.78, 5) is 30.1. The van der Waals surface area contributed by atoms with E-state index in [0.29, 0.717) is 17.9 Å². The number of aliphatic carboxylic acids is 1. The second-order valence-corrected chi connectivity index (χ2v) is 19.0. The average molecular weight is 653 g/mol. The maximum Gasteiger partial charge on any atom is 0.407 e. The SMILES string of the molecule is COc1ccc(-c2ccc(C[C@H](NC(=O)OC(C)(C)C)[C@H](C[C@@H](Cc3ccccc3F)C(=O)O)O[Si](C)(C)C(C)(C)C)cc2)cn1. The summed E-state index contributed by atoms with van der Waals surface area (Å²) in [6.45, 7) is 15.9. The molecule has 1 amide bonds. The molecule has 0 aliphatic rings. The van der Waals surface area contributed by atoms with Crippen LogP contribution in [0, 0.1) is 11.7 Å². The molecule has 0 aliphatic carbocycles. The first-order valence-corrected chi connectivity index (χ1v) is 18.5. The quantitative estimate of drug-likeness (QED) is 0.180. The molecular weight excluding hydrogens is 603 g/mol. The first kappa shape index (κ1) is 36.7. The van der Waals surface area contributed by atoms with Crippen molar-refractivity contribution in [2.45, 2.75) is 96.7 Å². The summed E-state index contributed by atoms with van der Waals surface area (Å²) in [5, 5.41) is 13.1. The lowest BCUT2D eigenvalue weighted by atomic mass is 9.89. The van der Waals surface area contributed by atoms with Crippen LogP contribution in [0.5, 0.6) is 5.88 Å². The smallest absolute Gasteiger partial charge is 0.407 e. The van der Waals surface area contributed by atoms with Gasteiger partial charge in [0.2, 0.25) is 5.88 Å². The Hall–Kier alpha value is -3.76. The molecule has 2 N–H and O–H groups in total. The maximum absolute atomic E-state index is 14.6. The molecule has 0 fully saturated rings. The summed E-state index contributed by atoms with van der Waals surface area (Å²) in [6, 6.07) is 17.2. The van der Waals surface area contributed by atoms with Gasteiger partial charge >= 0.3 is 12.1 Å². The molecule has 0 radical (unpaired) electrons. The number of carbonyl (C=O) groups excluding carboxylic acids is 1. The van der Waals surface area contributed by atoms with Gasteiger partial charge in [-0.25, -0.2) is 14.2 Å².